The molecule has 5 nitrogen and oxygen atoms in total. The number of ether oxygens (including phenoxy) is 1. The molecule has 0 aliphatic carbocycles. The van der Waals surface area contributed by atoms with E-state index in [-0.39, 0.29) is 30.4 Å². The number of piperidine rings is 1. The first-order chi connectivity index (χ1) is 7.81. The second-order valence-electron chi connectivity index (χ2n) is 5.92. The van der Waals surface area contributed by atoms with E-state index in [1.54, 1.807) is 0 Å². The molecule has 1 atom stereocenters. The van der Waals surface area contributed by atoms with Crippen LogP contribution in [0.15, 0.2) is 0 Å². The van der Waals surface area contributed by atoms with Gasteiger partial charge in [-0.3, -0.25) is 14.5 Å². The van der Waals surface area contributed by atoms with Gasteiger partial charge in [-0.2, -0.15) is 0 Å². The lowest BCUT2D eigenvalue weighted by Crippen LogP contribution is -2.53. The van der Waals surface area contributed by atoms with E-state index in [2.05, 4.69) is 0 Å². The lowest BCUT2D eigenvalue weighted by atomic mass is 9.81. The fraction of sp³-hybridized carbons (Fsp3) is 0.833. The molecule has 0 aromatic heterocycles. The number of β-amino-alcohol motifs (C(OH)–C–C–N with tert-alkyl or cyclic N) is 1. The minimum absolute atomic E-state index is 0.0702. The summed E-state index contributed by atoms with van der Waals surface area (Å²) in [6, 6.07) is 0. The average Bonchev–Trinajstić information content (AvgIpc) is 2.58. The molecule has 96 valence electrons. The highest BCUT2D eigenvalue weighted by atomic mass is 16.5. The zero-order valence-electron chi connectivity index (χ0n) is 10.4. The topological polar surface area (TPSA) is 66.8 Å². The molecule has 0 bridgehead atoms. The van der Waals surface area contributed by atoms with E-state index in [0.717, 1.165) is 0 Å². The Hall–Kier alpha value is -0.940. The Labute approximate surface area is 101 Å². The molecule has 0 aromatic rings. The third-order valence-corrected chi connectivity index (χ3v) is 3.40. The summed E-state index contributed by atoms with van der Waals surface area (Å²) in [4.78, 5) is 25.0. The van der Waals surface area contributed by atoms with Gasteiger partial charge < -0.3 is 9.84 Å². The zero-order valence-corrected chi connectivity index (χ0v) is 10.4. The van der Waals surface area contributed by atoms with Crippen LogP contribution in [0.4, 0.5) is 0 Å². The third kappa shape index (κ3) is 2.66. The van der Waals surface area contributed by atoms with E-state index in [1.807, 2.05) is 13.8 Å². The molecule has 2 aliphatic heterocycles. The number of nitrogens with zero attached hydrogens (tertiary/aromatic N) is 1. The molecular formula is C12H19NO4. The van der Waals surface area contributed by atoms with Crippen LogP contribution in [-0.4, -0.2) is 47.2 Å². The Kier molecular flexibility index (Phi) is 2.99. The minimum Gasteiger partial charge on any atom is -0.386 e. The van der Waals surface area contributed by atoms with Crippen LogP contribution in [-0.2, 0) is 14.3 Å². The van der Waals surface area contributed by atoms with Crippen molar-refractivity contribution >= 4 is 11.8 Å². The van der Waals surface area contributed by atoms with Crippen molar-refractivity contribution in [2.24, 2.45) is 5.41 Å². The van der Waals surface area contributed by atoms with Crippen molar-refractivity contribution in [1.82, 2.24) is 4.90 Å². The fourth-order valence-electron chi connectivity index (χ4n) is 2.40. The maximum atomic E-state index is 11.9. The molecule has 2 heterocycles. The van der Waals surface area contributed by atoms with E-state index >= 15 is 0 Å². The molecule has 17 heavy (non-hydrogen) atoms. The summed E-state index contributed by atoms with van der Waals surface area (Å²) in [6.07, 6.45) is 1.19. The number of carbonyl (C=O) groups is 2. The molecule has 1 unspecified atom stereocenters. The van der Waals surface area contributed by atoms with Gasteiger partial charge in [0.2, 0.25) is 11.8 Å². The smallest absolute Gasteiger partial charge is 0.229 e. The lowest BCUT2D eigenvalue weighted by Gasteiger charge is -2.37. The van der Waals surface area contributed by atoms with Gasteiger partial charge in [0.05, 0.1) is 13.2 Å². The van der Waals surface area contributed by atoms with Gasteiger partial charge in [0.1, 0.15) is 5.60 Å². The summed E-state index contributed by atoms with van der Waals surface area (Å²) in [7, 11) is 0. The Morgan fingerprint density at radius 2 is 1.88 bits per heavy atom. The van der Waals surface area contributed by atoms with Crippen molar-refractivity contribution in [2.75, 3.05) is 19.8 Å². The first-order valence-corrected chi connectivity index (χ1v) is 5.95. The monoisotopic (exact) mass is 241 g/mol. The van der Waals surface area contributed by atoms with E-state index < -0.39 is 5.60 Å². The standard InChI is InChI=1S/C12H19NO4/c1-11(2)5-9(14)13(10(15)6-11)7-12(16)3-4-17-8-12/h16H,3-8H2,1-2H3. The first kappa shape index (κ1) is 12.5. The number of likely N-dealkylation sites (tertiary alicyclic amines) is 1. The third-order valence-electron chi connectivity index (χ3n) is 3.40. The quantitative estimate of drug-likeness (QED) is 0.707. The molecular weight excluding hydrogens is 222 g/mol. The van der Waals surface area contributed by atoms with E-state index in [1.165, 1.54) is 4.90 Å². The summed E-state index contributed by atoms with van der Waals surface area (Å²) in [5.74, 6) is -0.377. The first-order valence-electron chi connectivity index (χ1n) is 5.95. The van der Waals surface area contributed by atoms with Crippen LogP contribution in [0.3, 0.4) is 0 Å². The van der Waals surface area contributed by atoms with Gasteiger partial charge in [0.25, 0.3) is 0 Å². The molecule has 2 saturated heterocycles. The normalized spacial score (nSPS) is 33.2. The van der Waals surface area contributed by atoms with Gasteiger partial charge >= 0.3 is 0 Å². The van der Waals surface area contributed by atoms with Crippen LogP contribution < -0.4 is 0 Å². The van der Waals surface area contributed by atoms with Crippen molar-refractivity contribution in [3.63, 3.8) is 0 Å². The van der Waals surface area contributed by atoms with Crippen molar-refractivity contribution in [1.29, 1.82) is 0 Å². The van der Waals surface area contributed by atoms with E-state index in [9.17, 15) is 14.7 Å². The summed E-state index contributed by atoms with van der Waals surface area (Å²) in [5, 5.41) is 10.1. The van der Waals surface area contributed by atoms with Gasteiger partial charge in [0.15, 0.2) is 0 Å². The molecule has 0 radical (unpaired) electrons. The molecule has 2 aliphatic rings. The largest absolute Gasteiger partial charge is 0.386 e. The molecule has 2 rings (SSSR count). The Bertz CT molecular complexity index is 324. The van der Waals surface area contributed by atoms with Crippen LogP contribution in [0.1, 0.15) is 33.1 Å². The van der Waals surface area contributed by atoms with Crippen LogP contribution in [0, 0.1) is 5.41 Å². The minimum atomic E-state index is -1.05. The molecule has 1 N–H and O–H groups in total. The number of imide groups is 1. The van der Waals surface area contributed by atoms with Gasteiger partial charge in [-0.25, -0.2) is 0 Å². The van der Waals surface area contributed by atoms with Crippen LogP contribution in [0.25, 0.3) is 0 Å². The fourth-order valence-corrected chi connectivity index (χ4v) is 2.40. The molecule has 2 amide bonds. The predicted octanol–water partition coefficient (Wildman–Crippen LogP) is 0.313. The van der Waals surface area contributed by atoms with Gasteiger partial charge in [-0.15, -0.1) is 0 Å². The Balaban J connectivity index is 2.06. The highest BCUT2D eigenvalue weighted by molar-refractivity contribution is 5.98. The second kappa shape index (κ2) is 4.07. The molecule has 0 saturated carbocycles. The number of rotatable bonds is 2. The average molecular weight is 241 g/mol. The van der Waals surface area contributed by atoms with Crippen LogP contribution in [0.5, 0.6) is 0 Å². The van der Waals surface area contributed by atoms with Crippen LogP contribution >= 0.6 is 0 Å². The summed E-state index contributed by atoms with van der Waals surface area (Å²) in [5.41, 5.74) is -1.31. The Morgan fingerprint density at radius 1 is 1.29 bits per heavy atom. The van der Waals surface area contributed by atoms with E-state index in [4.69, 9.17) is 4.74 Å². The van der Waals surface area contributed by atoms with Gasteiger partial charge in [0, 0.05) is 25.9 Å². The van der Waals surface area contributed by atoms with Crippen molar-refractivity contribution in [3.8, 4) is 0 Å². The number of aliphatic hydroxyl groups is 1. The Morgan fingerprint density at radius 3 is 2.35 bits per heavy atom. The number of hydrogen-bond acceptors (Lipinski definition) is 4. The van der Waals surface area contributed by atoms with Crippen molar-refractivity contribution in [3.05, 3.63) is 0 Å². The maximum Gasteiger partial charge on any atom is 0.229 e. The van der Waals surface area contributed by atoms with Crippen LogP contribution in [0.2, 0.25) is 0 Å². The van der Waals surface area contributed by atoms with E-state index in [0.29, 0.717) is 25.9 Å². The summed E-state index contributed by atoms with van der Waals surface area (Å²) < 4.78 is 5.11. The van der Waals surface area contributed by atoms with Crippen molar-refractivity contribution < 1.29 is 19.4 Å². The predicted molar refractivity (Wildman–Crippen MR) is 60.1 cm³/mol. The molecule has 0 spiro atoms. The summed E-state index contributed by atoms with van der Waals surface area (Å²) in [6.45, 7) is 4.58. The lowest BCUT2D eigenvalue weighted by molar-refractivity contribution is -0.156. The summed E-state index contributed by atoms with van der Waals surface area (Å²) >= 11 is 0. The molecule has 0 aromatic carbocycles. The molecule has 2 fully saturated rings. The zero-order chi connectivity index (χ0) is 12.7. The van der Waals surface area contributed by atoms with Gasteiger partial charge in [-0.05, 0) is 5.41 Å². The second-order valence-corrected chi connectivity index (χ2v) is 5.92. The SMILES string of the molecule is CC1(C)CC(=O)N(CC2(O)CCOC2)C(=O)C1. The number of amides is 2. The maximum absolute atomic E-state index is 11.9. The highest BCUT2D eigenvalue weighted by Gasteiger charge is 2.42. The van der Waals surface area contributed by atoms with Crippen molar-refractivity contribution in [2.45, 2.75) is 38.7 Å². The highest BCUT2D eigenvalue weighted by Crippen LogP contribution is 2.32. The number of carbonyl (C=O) groups excluding carboxylic acids is 2. The van der Waals surface area contributed by atoms with Gasteiger partial charge in [-0.1, -0.05) is 13.8 Å². The number of hydrogen-bond donors (Lipinski definition) is 1. The molecule has 5 heteroatoms.